The van der Waals surface area contributed by atoms with Crippen LogP contribution in [0.5, 0.6) is 0 Å². The molecule has 1 aliphatic rings. The maximum absolute atomic E-state index is 4.79. The zero-order valence-electron chi connectivity index (χ0n) is 20.4. The number of aromatic amines is 2. The van der Waals surface area contributed by atoms with Crippen LogP contribution in [0.4, 0.5) is 0 Å². The van der Waals surface area contributed by atoms with Gasteiger partial charge in [-0.25, -0.2) is 9.97 Å². The lowest BCUT2D eigenvalue weighted by Crippen LogP contribution is -2.20. The summed E-state index contributed by atoms with van der Waals surface area (Å²) in [6, 6.07) is 12.7. The van der Waals surface area contributed by atoms with Gasteiger partial charge in [0.1, 0.15) is 5.69 Å². The van der Waals surface area contributed by atoms with E-state index in [9.17, 15) is 0 Å². The minimum atomic E-state index is 0.688. The zero-order chi connectivity index (χ0) is 24.6. The van der Waals surface area contributed by atoms with Gasteiger partial charge in [-0.05, 0) is 83.1 Å². The number of hydrogen-bond donors (Lipinski definition) is 3. The SMILES string of the molecule is c1cc(-c2ccsc2)c2[nH]c(-c3n[nH]c4ccc(-c5cncc(CNCC6CCCC6)c5)cc34)nc2n1. The fourth-order valence-corrected chi connectivity index (χ4v) is 6.09. The first-order valence-electron chi connectivity index (χ1n) is 12.8. The van der Waals surface area contributed by atoms with Crippen molar-refractivity contribution >= 4 is 33.4 Å². The molecule has 3 N–H and O–H groups in total. The van der Waals surface area contributed by atoms with Gasteiger partial charge < -0.3 is 10.3 Å². The van der Waals surface area contributed by atoms with E-state index in [2.05, 4.69) is 71.6 Å². The minimum absolute atomic E-state index is 0.688. The number of rotatable bonds is 7. The third kappa shape index (κ3) is 4.32. The Balaban J connectivity index is 1.20. The molecule has 5 aromatic heterocycles. The number of nitrogens with zero attached hydrogens (tertiary/aromatic N) is 4. The monoisotopic (exact) mass is 505 g/mol. The molecule has 7 rings (SSSR count). The molecule has 0 spiro atoms. The van der Waals surface area contributed by atoms with Crippen molar-refractivity contribution in [2.45, 2.75) is 32.2 Å². The van der Waals surface area contributed by atoms with Crippen molar-refractivity contribution in [1.29, 1.82) is 0 Å². The van der Waals surface area contributed by atoms with Crippen LogP contribution in [-0.2, 0) is 6.54 Å². The highest BCUT2D eigenvalue weighted by Gasteiger charge is 2.17. The predicted octanol–water partition coefficient (Wildman–Crippen LogP) is 6.57. The van der Waals surface area contributed by atoms with Crippen LogP contribution in [0.15, 0.2) is 65.7 Å². The Labute approximate surface area is 218 Å². The molecular formula is C29H27N7S. The molecule has 184 valence electrons. The van der Waals surface area contributed by atoms with E-state index in [4.69, 9.17) is 4.98 Å². The van der Waals surface area contributed by atoms with E-state index in [0.29, 0.717) is 11.5 Å². The Morgan fingerprint density at radius 2 is 1.95 bits per heavy atom. The average Bonchev–Trinajstić information content (AvgIpc) is 3.74. The average molecular weight is 506 g/mol. The second kappa shape index (κ2) is 9.53. The lowest BCUT2D eigenvalue weighted by atomic mass is 10.0. The molecule has 0 saturated heterocycles. The highest BCUT2D eigenvalue weighted by molar-refractivity contribution is 7.08. The van der Waals surface area contributed by atoms with Gasteiger partial charge in [0, 0.05) is 41.6 Å². The maximum Gasteiger partial charge on any atom is 0.178 e. The summed E-state index contributed by atoms with van der Waals surface area (Å²) in [6.45, 7) is 1.93. The smallest absolute Gasteiger partial charge is 0.178 e. The van der Waals surface area contributed by atoms with Gasteiger partial charge in [-0.1, -0.05) is 18.9 Å². The van der Waals surface area contributed by atoms with Crippen molar-refractivity contribution in [3.05, 3.63) is 71.3 Å². The van der Waals surface area contributed by atoms with E-state index in [1.54, 1.807) is 11.3 Å². The Morgan fingerprint density at radius 1 is 1.00 bits per heavy atom. The molecule has 0 aliphatic heterocycles. The first-order valence-corrected chi connectivity index (χ1v) is 13.8. The molecule has 8 heteroatoms. The standard InChI is InChI=1S/C29H27N7S/c1-2-4-18(3-1)13-30-14-19-11-22(16-31-15-19)20-5-6-25-24(12-20)27(36-35-25)29-33-26-23(21-8-10-37-17-21)7-9-32-28(26)34-29/h5-12,15-18,30H,1-4,13-14H2,(H,35,36)(H,32,33,34). The minimum Gasteiger partial charge on any atom is -0.335 e. The summed E-state index contributed by atoms with van der Waals surface area (Å²) < 4.78 is 0. The second-order valence-electron chi connectivity index (χ2n) is 9.85. The van der Waals surface area contributed by atoms with Crippen molar-refractivity contribution in [3.63, 3.8) is 0 Å². The van der Waals surface area contributed by atoms with Gasteiger partial charge in [-0.2, -0.15) is 16.4 Å². The van der Waals surface area contributed by atoms with Gasteiger partial charge in [0.25, 0.3) is 0 Å². The topological polar surface area (TPSA) is 95.2 Å². The lowest BCUT2D eigenvalue weighted by molar-refractivity contribution is 0.489. The van der Waals surface area contributed by atoms with E-state index in [1.807, 2.05) is 24.7 Å². The van der Waals surface area contributed by atoms with E-state index >= 15 is 0 Å². The molecule has 0 bridgehead atoms. The summed E-state index contributed by atoms with van der Waals surface area (Å²) in [4.78, 5) is 17.3. The van der Waals surface area contributed by atoms with E-state index in [1.165, 1.54) is 31.2 Å². The number of benzene rings is 1. The summed E-state index contributed by atoms with van der Waals surface area (Å²) in [5.74, 6) is 1.53. The number of thiophene rings is 1. The maximum atomic E-state index is 4.79. The highest BCUT2D eigenvalue weighted by atomic mass is 32.1. The fourth-order valence-electron chi connectivity index (χ4n) is 5.43. The molecule has 0 amide bonds. The molecule has 37 heavy (non-hydrogen) atoms. The van der Waals surface area contributed by atoms with Crippen LogP contribution in [0.1, 0.15) is 31.2 Å². The highest BCUT2D eigenvalue weighted by Crippen LogP contribution is 2.33. The number of hydrogen-bond acceptors (Lipinski definition) is 6. The van der Waals surface area contributed by atoms with E-state index in [-0.39, 0.29) is 0 Å². The zero-order valence-corrected chi connectivity index (χ0v) is 21.2. The van der Waals surface area contributed by atoms with Gasteiger partial charge in [-0.3, -0.25) is 10.1 Å². The van der Waals surface area contributed by atoms with Crippen molar-refractivity contribution in [3.8, 4) is 33.8 Å². The van der Waals surface area contributed by atoms with Gasteiger partial charge in [0.05, 0.1) is 11.0 Å². The van der Waals surface area contributed by atoms with Crippen LogP contribution in [0, 0.1) is 5.92 Å². The predicted molar refractivity (Wildman–Crippen MR) is 149 cm³/mol. The van der Waals surface area contributed by atoms with Crippen LogP contribution in [0.25, 0.3) is 55.8 Å². The number of nitrogens with one attached hydrogen (secondary N) is 3. The van der Waals surface area contributed by atoms with Crippen LogP contribution in [0.2, 0.25) is 0 Å². The van der Waals surface area contributed by atoms with Crippen LogP contribution in [-0.4, -0.2) is 36.7 Å². The molecule has 7 nitrogen and oxygen atoms in total. The molecule has 1 fully saturated rings. The number of aromatic nitrogens is 6. The Hall–Kier alpha value is -3.88. The van der Waals surface area contributed by atoms with Crippen molar-refractivity contribution in [2.24, 2.45) is 5.92 Å². The molecule has 0 atom stereocenters. The first kappa shape index (κ1) is 22.3. The van der Waals surface area contributed by atoms with Gasteiger partial charge in [0.15, 0.2) is 11.5 Å². The Bertz CT molecular complexity index is 1680. The molecule has 0 radical (unpaired) electrons. The van der Waals surface area contributed by atoms with Crippen molar-refractivity contribution < 1.29 is 0 Å². The van der Waals surface area contributed by atoms with Crippen LogP contribution >= 0.6 is 11.3 Å². The van der Waals surface area contributed by atoms with Gasteiger partial charge in [-0.15, -0.1) is 0 Å². The number of pyridine rings is 2. The summed E-state index contributed by atoms with van der Waals surface area (Å²) >= 11 is 1.68. The quantitative estimate of drug-likeness (QED) is 0.228. The van der Waals surface area contributed by atoms with Crippen molar-refractivity contribution in [2.75, 3.05) is 6.54 Å². The van der Waals surface area contributed by atoms with Gasteiger partial charge >= 0.3 is 0 Å². The van der Waals surface area contributed by atoms with Crippen LogP contribution in [0.3, 0.4) is 0 Å². The normalized spacial score (nSPS) is 14.3. The third-order valence-electron chi connectivity index (χ3n) is 7.38. The third-order valence-corrected chi connectivity index (χ3v) is 8.06. The summed E-state index contributed by atoms with van der Waals surface area (Å²) in [5.41, 5.74) is 9.02. The number of H-pyrrole nitrogens is 2. The summed E-state index contributed by atoms with van der Waals surface area (Å²) in [7, 11) is 0. The fraction of sp³-hybridized carbons (Fsp3) is 0.241. The van der Waals surface area contributed by atoms with E-state index < -0.39 is 0 Å². The van der Waals surface area contributed by atoms with Gasteiger partial charge in [0.2, 0.25) is 0 Å². The first-order chi connectivity index (χ1) is 18.3. The summed E-state index contributed by atoms with van der Waals surface area (Å²) in [5, 5.41) is 16.6. The Kier molecular flexibility index (Phi) is 5.75. The summed E-state index contributed by atoms with van der Waals surface area (Å²) in [6.07, 6.45) is 11.2. The number of imidazole rings is 1. The lowest BCUT2D eigenvalue weighted by Gasteiger charge is -2.11. The molecule has 1 aromatic carbocycles. The second-order valence-corrected chi connectivity index (χ2v) is 10.6. The number of fused-ring (bicyclic) bond motifs is 2. The van der Waals surface area contributed by atoms with E-state index in [0.717, 1.165) is 63.4 Å². The molecule has 1 aliphatic carbocycles. The molecule has 0 unspecified atom stereocenters. The Morgan fingerprint density at radius 3 is 2.84 bits per heavy atom. The molecular weight excluding hydrogens is 478 g/mol. The van der Waals surface area contributed by atoms with Crippen molar-refractivity contribution in [1.82, 2.24) is 35.5 Å². The van der Waals surface area contributed by atoms with Crippen LogP contribution < -0.4 is 5.32 Å². The largest absolute Gasteiger partial charge is 0.335 e. The molecule has 5 heterocycles. The molecule has 1 saturated carbocycles. The molecule has 6 aromatic rings.